The van der Waals surface area contributed by atoms with E-state index in [4.69, 9.17) is 28.1 Å². The number of cyclic esters (lactones) is 1. The fourth-order valence-electron chi connectivity index (χ4n) is 6.64. The summed E-state index contributed by atoms with van der Waals surface area (Å²) in [5, 5.41) is 11.4. The van der Waals surface area contributed by atoms with Gasteiger partial charge in [0.25, 0.3) is 0 Å². The average Bonchev–Trinajstić information content (AvgIpc) is 3.86. The van der Waals surface area contributed by atoms with Gasteiger partial charge >= 0.3 is 11.9 Å². The lowest BCUT2D eigenvalue weighted by molar-refractivity contribution is -0.159. The molecule has 10 heteroatoms. The van der Waals surface area contributed by atoms with Gasteiger partial charge in [-0.3, -0.25) is 4.79 Å². The van der Waals surface area contributed by atoms with Crippen LogP contribution in [0.15, 0.2) is 52.2 Å². The number of aliphatic hydroxyl groups excluding tert-OH is 1. The van der Waals surface area contributed by atoms with Crippen LogP contribution in [0.2, 0.25) is 0 Å². The third-order valence-electron chi connectivity index (χ3n) is 9.63. The molecule has 45 heavy (non-hydrogen) atoms. The predicted octanol–water partition coefficient (Wildman–Crippen LogP) is 5.05. The van der Waals surface area contributed by atoms with E-state index in [1.165, 1.54) is 0 Å². The van der Waals surface area contributed by atoms with Crippen LogP contribution < -0.4 is 0 Å². The number of fused-ring (bicyclic) bond motifs is 4. The number of oxazole rings is 1. The van der Waals surface area contributed by atoms with Crippen LogP contribution in [0.25, 0.3) is 6.08 Å². The smallest absolute Gasteiger partial charge is 0.338 e. The lowest BCUT2D eigenvalue weighted by Crippen LogP contribution is -2.42. The molecule has 0 spiro atoms. The van der Waals surface area contributed by atoms with Crippen LogP contribution >= 0.6 is 0 Å². The summed E-state index contributed by atoms with van der Waals surface area (Å²) in [6.07, 6.45) is 11.7. The summed E-state index contributed by atoms with van der Waals surface area (Å²) in [5.74, 6) is -0.316. The average molecular weight is 626 g/mol. The Morgan fingerprint density at radius 3 is 2.62 bits per heavy atom. The fraction of sp³-hybridized carbons (Fsp3) is 0.629. The molecule has 0 unspecified atom stereocenters. The minimum Gasteiger partial charge on any atom is -0.462 e. The lowest BCUT2D eigenvalue weighted by Gasteiger charge is -2.33. The normalized spacial score (nSPS) is 37.3. The minimum absolute atomic E-state index is 0.0130. The van der Waals surface area contributed by atoms with E-state index in [9.17, 15) is 14.7 Å². The van der Waals surface area contributed by atoms with E-state index in [0.717, 1.165) is 16.8 Å². The summed E-state index contributed by atoms with van der Waals surface area (Å²) in [6, 6.07) is 0. The van der Waals surface area contributed by atoms with Crippen molar-refractivity contribution in [1.82, 2.24) is 4.98 Å². The van der Waals surface area contributed by atoms with Gasteiger partial charge in [-0.05, 0) is 56.8 Å². The molecule has 2 bridgehead atoms. The van der Waals surface area contributed by atoms with Gasteiger partial charge in [-0.25, -0.2) is 9.78 Å². The molecule has 0 aromatic carbocycles. The molecule has 0 radical (unpaired) electrons. The maximum Gasteiger partial charge on any atom is 0.338 e. The Labute approximate surface area is 265 Å². The highest BCUT2D eigenvalue weighted by Gasteiger charge is 2.57. The van der Waals surface area contributed by atoms with Crippen LogP contribution in [-0.2, 0) is 33.3 Å². The molecule has 3 saturated heterocycles. The lowest BCUT2D eigenvalue weighted by atomic mass is 9.84. The molecule has 4 aliphatic rings. The number of esters is 2. The molecule has 246 valence electrons. The molecular formula is C35H47NO9. The first kappa shape index (κ1) is 33.3. The van der Waals surface area contributed by atoms with Crippen molar-refractivity contribution in [3.63, 3.8) is 0 Å². The van der Waals surface area contributed by atoms with Gasteiger partial charge in [0.15, 0.2) is 12.0 Å². The van der Waals surface area contributed by atoms with Gasteiger partial charge in [-0.1, -0.05) is 44.2 Å². The Morgan fingerprint density at radius 1 is 1.16 bits per heavy atom. The molecule has 5 heterocycles. The molecule has 10 nitrogen and oxygen atoms in total. The summed E-state index contributed by atoms with van der Waals surface area (Å²) < 4.78 is 34.7. The van der Waals surface area contributed by atoms with Crippen molar-refractivity contribution in [1.29, 1.82) is 0 Å². The highest BCUT2D eigenvalue weighted by molar-refractivity contribution is 5.78. The third-order valence-corrected chi connectivity index (χ3v) is 9.63. The second-order valence-electron chi connectivity index (χ2n) is 13.3. The number of carbonyl (C=O) groups excluding carboxylic acids is 2. The first-order chi connectivity index (χ1) is 21.4. The molecule has 5 rings (SSSR count). The van der Waals surface area contributed by atoms with Gasteiger partial charge in [-0.15, -0.1) is 0 Å². The van der Waals surface area contributed by atoms with Crippen LogP contribution in [0.3, 0.4) is 0 Å². The Kier molecular flexibility index (Phi) is 10.2. The van der Waals surface area contributed by atoms with Crippen molar-refractivity contribution in [2.75, 3.05) is 7.11 Å². The summed E-state index contributed by atoms with van der Waals surface area (Å²) in [4.78, 5) is 30.1. The summed E-state index contributed by atoms with van der Waals surface area (Å²) in [5.41, 5.74) is 1.86. The standard InChI is InChI=1S/C35H47NO9/c1-19(13-25-18-41-23(5)36-25)9-8-10-21(3)32(40-7)22(4)27-17-29(37)35(6)30(45-35)12-11-20(2)26-14-24(16-31(38)42-26)15-28-33(43-28)34(39)44-27/h8-13,18,20,22,24,26-30,32-33,37H,14-17H2,1-7H3/b9-8+,12-11?,19-13+,21-10+/t20-,22+,24+,26-,27+,28+,29+,30-,32+,33-,35+/m1/s1. The van der Waals surface area contributed by atoms with Crippen LogP contribution in [-0.4, -0.2) is 77.5 Å². The molecule has 0 saturated carbocycles. The number of hydrogen-bond acceptors (Lipinski definition) is 10. The van der Waals surface area contributed by atoms with Crippen LogP contribution in [0.1, 0.15) is 71.9 Å². The molecule has 0 amide bonds. The number of nitrogens with zero attached hydrogens (tertiary/aromatic N) is 1. The van der Waals surface area contributed by atoms with Crippen molar-refractivity contribution in [2.24, 2.45) is 17.8 Å². The van der Waals surface area contributed by atoms with Crippen LogP contribution in [0.5, 0.6) is 0 Å². The van der Waals surface area contributed by atoms with E-state index in [1.807, 2.05) is 71.1 Å². The molecule has 0 aliphatic carbocycles. The maximum absolute atomic E-state index is 13.4. The Morgan fingerprint density at radius 2 is 1.91 bits per heavy atom. The van der Waals surface area contributed by atoms with Gasteiger partial charge in [0.05, 0.1) is 18.3 Å². The zero-order valence-electron chi connectivity index (χ0n) is 27.3. The number of hydrogen-bond donors (Lipinski definition) is 1. The Hall–Kier alpha value is -3.05. The molecule has 3 fully saturated rings. The zero-order chi connectivity index (χ0) is 32.5. The van der Waals surface area contributed by atoms with Gasteiger partial charge < -0.3 is 33.2 Å². The van der Waals surface area contributed by atoms with Crippen LogP contribution in [0, 0.1) is 24.7 Å². The number of rotatable bonds is 7. The van der Waals surface area contributed by atoms with Gasteiger partial charge in [0.1, 0.15) is 35.9 Å². The quantitative estimate of drug-likeness (QED) is 0.190. The molecule has 1 aromatic heterocycles. The van der Waals surface area contributed by atoms with E-state index < -0.39 is 36.0 Å². The fourth-order valence-corrected chi connectivity index (χ4v) is 6.64. The van der Waals surface area contributed by atoms with E-state index >= 15 is 0 Å². The molecule has 11 atom stereocenters. The monoisotopic (exact) mass is 625 g/mol. The first-order valence-electron chi connectivity index (χ1n) is 16.0. The van der Waals surface area contributed by atoms with Gasteiger partial charge in [0, 0.05) is 38.7 Å². The largest absolute Gasteiger partial charge is 0.462 e. The number of ether oxygens (including phenoxy) is 5. The third kappa shape index (κ3) is 8.03. The number of aryl methyl sites for hydroxylation is 1. The van der Waals surface area contributed by atoms with Crippen molar-refractivity contribution in [3.05, 3.63) is 59.4 Å². The van der Waals surface area contributed by atoms with Gasteiger partial charge in [-0.2, -0.15) is 0 Å². The van der Waals surface area contributed by atoms with Crippen molar-refractivity contribution >= 4 is 18.0 Å². The number of aliphatic hydroxyl groups is 1. The van der Waals surface area contributed by atoms with Crippen LogP contribution in [0.4, 0.5) is 0 Å². The molecule has 1 aromatic rings. The predicted molar refractivity (Wildman–Crippen MR) is 166 cm³/mol. The summed E-state index contributed by atoms with van der Waals surface area (Å²) in [6.45, 7) is 11.6. The number of epoxide rings is 2. The van der Waals surface area contributed by atoms with Gasteiger partial charge in [0.2, 0.25) is 0 Å². The number of allylic oxidation sites excluding steroid dienone is 4. The number of aromatic nitrogens is 1. The molecular weight excluding hydrogens is 578 g/mol. The van der Waals surface area contributed by atoms with Crippen molar-refractivity contribution in [2.45, 2.75) is 116 Å². The zero-order valence-corrected chi connectivity index (χ0v) is 27.3. The highest BCUT2D eigenvalue weighted by atomic mass is 16.6. The maximum atomic E-state index is 13.4. The second kappa shape index (κ2) is 13.7. The first-order valence-corrected chi connectivity index (χ1v) is 16.0. The summed E-state index contributed by atoms with van der Waals surface area (Å²) >= 11 is 0. The highest BCUT2D eigenvalue weighted by Crippen LogP contribution is 2.44. The van der Waals surface area contributed by atoms with E-state index in [1.54, 1.807) is 20.3 Å². The molecule has 4 aliphatic heterocycles. The van der Waals surface area contributed by atoms with Crippen molar-refractivity contribution in [3.8, 4) is 0 Å². The summed E-state index contributed by atoms with van der Waals surface area (Å²) in [7, 11) is 1.63. The SMILES string of the molecule is CO[C@@H](/C(C)=C/C=C/C(C)=C/c1coc(C)n1)[C@@H](C)[C@@H]1C[C@H](O)[C@]2(C)O[C@@H]2C=C[C@@H](C)[C@H]2C[C@H](CC(=O)O2)C[C@@H]2O[C@H]2C(=O)O1. The topological polar surface area (TPSA) is 133 Å². The van der Waals surface area contributed by atoms with E-state index in [2.05, 4.69) is 4.98 Å². The number of methoxy groups -OCH3 is 1. The van der Waals surface area contributed by atoms with E-state index in [-0.39, 0.29) is 48.5 Å². The molecule has 1 N–H and O–H groups in total. The van der Waals surface area contributed by atoms with E-state index in [0.29, 0.717) is 25.2 Å². The second-order valence-corrected chi connectivity index (χ2v) is 13.3. The minimum atomic E-state index is -0.905. The number of carbonyl (C=O) groups is 2. The van der Waals surface area contributed by atoms with Crippen molar-refractivity contribution < 1.29 is 42.8 Å². The Bertz CT molecular complexity index is 1360. The Balaban J connectivity index is 1.33.